The molecule has 2 aromatic heterocycles. The van der Waals surface area contributed by atoms with Crippen molar-refractivity contribution in [3.8, 4) is 11.4 Å². The van der Waals surface area contributed by atoms with Gasteiger partial charge in [0.25, 0.3) is 0 Å². The van der Waals surface area contributed by atoms with E-state index < -0.39 is 0 Å². The zero-order valence-electron chi connectivity index (χ0n) is 17.1. The van der Waals surface area contributed by atoms with Gasteiger partial charge in [-0.25, -0.2) is 19.9 Å². The third kappa shape index (κ3) is 3.56. The highest BCUT2D eigenvalue weighted by Crippen LogP contribution is 2.28. The van der Waals surface area contributed by atoms with Crippen molar-refractivity contribution in [3.05, 3.63) is 72.6 Å². The van der Waals surface area contributed by atoms with E-state index in [9.17, 15) is 0 Å². The van der Waals surface area contributed by atoms with Crippen LogP contribution in [0.25, 0.3) is 22.3 Å². The van der Waals surface area contributed by atoms with Crippen LogP contribution < -0.4 is 9.80 Å². The molecule has 0 spiro atoms. The van der Waals surface area contributed by atoms with Gasteiger partial charge in [0.1, 0.15) is 5.82 Å². The fourth-order valence-corrected chi connectivity index (χ4v) is 3.83. The highest BCUT2D eigenvalue weighted by atomic mass is 15.3. The van der Waals surface area contributed by atoms with Crippen LogP contribution in [0.4, 0.5) is 11.8 Å². The van der Waals surface area contributed by atoms with E-state index >= 15 is 0 Å². The summed E-state index contributed by atoms with van der Waals surface area (Å²) in [5, 5.41) is 1.09. The molecule has 1 aliphatic rings. The Morgan fingerprint density at radius 3 is 2.17 bits per heavy atom. The zero-order valence-corrected chi connectivity index (χ0v) is 17.1. The third-order valence-corrected chi connectivity index (χ3v) is 5.58. The molecule has 3 heterocycles. The molecule has 0 saturated carbocycles. The highest BCUT2D eigenvalue weighted by molar-refractivity contribution is 5.91. The molecule has 0 unspecified atom stereocenters. The average Bonchev–Trinajstić information content (AvgIpc) is 2.84. The Morgan fingerprint density at radius 1 is 0.767 bits per heavy atom. The minimum absolute atomic E-state index is 0.769. The molecule has 30 heavy (non-hydrogen) atoms. The van der Waals surface area contributed by atoms with Crippen molar-refractivity contribution in [1.29, 1.82) is 0 Å². The smallest absolute Gasteiger partial charge is 0.225 e. The van der Waals surface area contributed by atoms with Crippen molar-refractivity contribution in [2.75, 3.05) is 36.0 Å². The fourth-order valence-electron chi connectivity index (χ4n) is 3.83. The zero-order chi connectivity index (χ0) is 20.3. The first-order chi connectivity index (χ1) is 14.8. The van der Waals surface area contributed by atoms with Crippen molar-refractivity contribution in [2.24, 2.45) is 0 Å². The lowest BCUT2D eigenvalue weighted by atomic mass is 10.1. The Balaban J connectivity index is 1.43. The van der Waals surface area contributed by atoms with Gasteiger partial charge in [-0.05, 0) is 24.1 Å². The molecule has 1 aliphatic heterocycles. The molecule has 0 aliphatic carbocycles. The minimum Gasteiger partial charge on any atom is -0.352 e. The van der Waals surface area contributed by atoms with Crippen LogP contribution in [0.3, 0.4) is 0 Å². The van der Waals surface area contributed by atoms with E-state index in [2.05, 4.69) is 57.0 Å². The van der Waals surface area contributed by atoms with Gasteiger partial charge in [-0.3, -0.25) is 0 Å². The van der Waals surface area contributed by atoms with Gasteiger partial charge in [-0.2, -0.15) is 0 Å². The van der Waals surface area contributed by atoms with Crippen LogP contribution >= 0.6 is 0 Å². The van der Waals surface area contributed by atoms with Crippen molar-refractivity contribution >= 4 is 22.7 Å². The quantitative estimate of drug-likeness (QED) is 0.520. The Hall–Kier alpha value is -3.54. The van der Waals surface area contributed by atoms with E-state index in [1.54, 1.807) is 0 Å². The summed E-state index contributed by atoms with van der Waals surface area (Å²) in [6.45, 7) is 5.59. The number of hydrogen-bond donors (Lipinski definition) is 0. The van der Waals surface area contributed by atoms with Crippen LogP contribution in [-0.2, 0) is 6.42 Å². The number of fused-ring (bicyclic) bond motifs is 1. The second kappa shape index (κ2) is 8.06. The van der Waals surface area contributed by atoms with Crippen LogP contribution in [-0.4, -0.2) is 46.1 Å². The molecule has 2 aromatic carbocycles. The molecule has 0 atom stereocenters. The maximum absolute atomic E-state index is 4.98. The summed E-state index contributed by atoms with van der Waals surface area (Å²) >= 11 is 0. The molecular formula is C24H24N6. The van der Waals surface area contributed by atoms with E-state index in [4.69, 9.17) is 9.97 Å². The number of rotatable bonds is 4. The summed E-state index contributed by atoms with van der Waals surface area (Å²) in [6, 6.07) is 18.4. The lowest BCUT2D eigenvalue weighted by Gasteiger charge is -2.36. The number of para-hydroxylation sites is 1. The van der Waals surface area contributed by atoms with Crippen LogP contribution in [0, 0.1) is 0 Å². The molecular weight excluding hydrogens is 372 g/mol. The van der Waals surface area contributed by atoms with Gasteiger partial charge >= 0.3 is 0 Å². The maximum atomic E-state index is 4.98. The van der Waals surface area contributed by atoms with Crippen molar-refractivity contribution in [3.63, 3.8) is 0 Å². The van der Waals surface area contributed by atoms with Gasteiger partial charge in [0.2, 0.25) is 5.95 Å². The van der Waals surface area contributed by atoms with E-state index in [1.165, 1.54) is 5.56 Å². The average molecular weight is 396 g/mol. The van der Waals surface area contributed by atoms with Gasteiger partial charge in [-0.1, -0.05) is 49.4 Å². The summed E-state index contributed by atoms with van der Waals surface area (Å²) in [7, 11) is 0. The molecule has 6 nitrogen and oxygen atoms in total. The largest absolute Gasteiger partial charge is 0.352 e. The predicted molar refractivity (Wildman–Crippen MR) is 121 cm³/mol. The van der Waals surface area contributed by atoms with Crippen LogP contribution in [0.15, 0.2) is 67.0 Å². The minimum atomic E-state index is 0.769. The fraction of sp³-hybridized carbons (Fsp3) is 0.250. The van der Waals surface area contributed by atoms with Gasteiger partial charge in [0, 0.05) is 49.5 Å². The molecule has 0 amide bonds. The summed E-state index contributed by atoms with van der Waals surface area (Å²) in [6.07, 6.45) is 4.82. The van der Waals surface area contributed by atoms with Crippen LogP contribution in [0.1, 0.15) is 12.5 Å². The lowest BCUT2D eigenvalue weighted by molar-refractivity contribution is 0.635. The van der Waals surface area contributed by atoms with E-state index in [0.717, 1.165) is 66.7 Å². The molecule has 0 bridgehead atoms. The number of benzene rings is 2. The number of nitrogens with zero attached hydrogens (tertiary/aromatic N) is 6. The second-order valence-electron chi connectivity index (χ2n) is 7.47. The van der Waals surface area contributed by atoms with Crippen molar-refractivity contribution < 1.29 is 0 Å². The maximum Gasteiger partial charge on any atom is 0.225 e. The summed E-state index contributed by atoms with van der Waals surface area (Å²) in [5.74, 6) is 2.58. The van der Waals surface area contributed by atoms with E-state index in [0.29, 0.717) is 0 Å². The predicted octanol–water partition coefficient (Wildman–Crippen LogP) is 3.98. The monoisotopic (exact) mass is 396 g/mol. The van der Waals surface area contributed by atoms with Crippen molar-refractivity contribution in [1.82, 2.24) is 19.9 Å². The molecule has 1 saturated heterocycles. The topological polar surface area (TPSA) is 58.0 Å². The molecule has 5 rings (SSSR count). The Morgan fingerprint density at radius 2 is 1.43 bits per heavy atom. The van der Waals surface area contributed by atoms with Gasteiger partial charge in [-0.15, -0.1) is 0 Å². The lowest BCUT2D eigenvalue weighted by Crippen LogP contribution is -2.47. The Labute approximate surface area is 176 Å². The van der Waals surface area contributed by atoms with Gasteiger partial charge in [0.05, 0.1) is 5.52 Å². The Kier molecular flexibility index (Phi) is 4.97. The molecule has 1 fully saturated rings. The van der Waals surface area contributed by atoms with Crippen LogP contribution in [0.2, 0.25) is 0 Å². The van der Waals surface area contributed by atoms with Gasteiger partial charge in [0.15, 0.2) is 5.82 Å². The normalized spacial score (nSPS) is 14.3. The molecule has 150 valence electrons. The molecule has 4 aromatic rings. The first-order valence-corrected chi connectivity index (χ1v) is 10.4. The summed E-state index contributed by atoms with van der Waals surface area (Å²) in [4.78, 5) is 23.5. The van der Waals surface area contributed by atoms with Crippen molar-refractivity contribution in [2.45, 2.75) is 13.3 Å². The molecule has 6 heteroatoms. The highest BCUT2D eigenvalue weighted by Gasteiger charge is 2.22. The Bertz CT molecular complexity index is 1140. The van der Waals surface area contributed by atoms with E-state index in [1.807, 2.05) is 36.7 Å². The molecule has 0 radical (unpaired) electrons. The van der Waals surface area contributed by atoms with Gasteiger partial charge < -0.3 is 9.80 Å². The standard InChI is InChI=1S/C24H24N6/c1-2-18-16-25-24(26-17-18)30-14-12-29(13-15-30)23-20-10-6-7-11-21(20)27-22(28-23)19-8-4-3-5-9-19/h3-11,16-17H,2,12-15H2,1H3. The number of anilines is 2. The third-order valence-electron chi connectivity index (χ3n) is 5.58. The number of piperazine rings is 1. The SMILES string of the molecule is CCc1cnc(N2CCN(c3nc(-c4ccccc4)nc4ccccc34)CC2)nc1. The van der Waals surface area contributed by atoms with Crippen LogP contribution in [0.5, 0.6) is 0 Å². The number of aromatic nitrogens is 4. The summed E-state index contributed by atoms with van der Waals surface area (Å²) in [5.41, 5.74) is 3.17. The molecule has 0 N–H and O–H groups in total. The first kappa shape index (κ1) is 18.5. The first-order valence-electron chi connectivity index (χ1n) is 10.4. The number of aryl methyl sites for hydroxylation is 1. The second-order valence-corrected chi connectivity index (χ2v) is 7.47. The summed E-state index contributed by atoms with van der Waals surface area (Å²) < 4.78 is 0. The van der Waals surface area contributed by atoms with E-state index in [-0.39, 0.29) is 0 Å². The number of hydrogen-bond acceptors (Lipinski definition) is 6.